The number of hydrogen-bond acceptors (Lipinski definition) is 4. The van der Waals surface area contributed by atoms with Gasteiger partial charge >= 0.3 is 0 Å². The molecule has 2 aliphatic rings. The predicted octanol–water partition coefficient (Wildman–Crippen LogP) is 3.99. The lowest BCUT2D eigenvalue weighted by Gasteiger charge is -2.34. The van der Waals surface area contributed by atoms with Crippen LogP contribution in [0.3, 0.4) is 0 Å². The van der Waals surface area contributed by atoms with E-state index in [4.69, 9.17) is 4.74 Å². The number of benzene rings is 2. The number of ether oxygens (including phenoxy) is 1. The smallest absolute Gasteiger partial charge is 0.263 e. The molecule has 3 atom stereocenters. The van der Waals surface area contributed by atoms with Crippen molar-refractivity contribution in [2.45, 2.75) is 52.2 Å². The van der Waals surface area contributed by atoms with Crippen molar-refractivity contribution in [2.75, 3.05) is 16.8 Å². The number of rotatable bonds is 7. The molecule has 0 saturated heterocycles. The van der Waals surface area contributed by atoms with Gasteiger partial charge in [-0.3, -0.25) is 14.4 Å². The summed E-state index contributed by atoms with van der Waals surface area (Å²) >= 11 is 0. The highest BCUT2D eigenvalue weighted by Gasteiger charge is 2.39. The predicted molar refractivity (Wildman–Crippen MR) is 127 cm³/mol. The van der Waals surface area contributed by atoms with Crippen LogP contribution in [-0.4, -0.2) is 36.4 Å². The van der Waals surface area contributed by atoms with Crippen molar-refractivity contribution in [2.24, 2.45) is 11.8 Å². The molecule has 2 N–H and O–H groups in total. The number of hydrogen-bond donors (Lipinski definition) is 2. The van der Waals surface area contributed by atoms with Crippen molar-refractivity contribution in [3.05, 3.63) is 54.1 Å². The summed E-state index contributed by atoms with van der Waals surface area (Å²) in [6, 6.07) is 14.2. The second-order valence-corrected chi connectivity index (χ2v) is 8.90. The molecule has 7 heteroatoms. The van der Waals surface area contributed by atoms with Gasteiger partial charge in [-0.05, 0) is 55.5 Å². The molecule has 1 aliphatic carbocycles. The van der Waals surface area contributed by atoms with Crippen LogP contribution < -0.4 is 20.3 Å². The van der Waals surface area contributed by atoms with Gasteiger partial charge in [-0.25, -0.2) is 0 Å². The van der Waals surface area contributed by atoms with Crippen LogP contribution in [0.2, 0.25) is 0 Å². The van der Waals surface area contributed by atoms with Crippen molar-refractivity contribution in [3.63, 3.8) is 0 Å². The Morgan fingerprint density at radius 3 is 2.48 bits per heavy atom. The molecule has 0 bridgehead atoms. The first kappa shape index (κ1) is 22.8. The second-order valence-electron chi connectivity index (χ2n) is 8.90. The first-order valence-electron chi connectivity index (χ1n) is 11.7. The van der Waals surface area contributed by atoms with Crippen LogP contribution in [-0.2, 0) is 9.59 Å². The molecular formula is C26H31N3O4. The molecule has 1 heterocycles. The Kier molecular flexibility index (Phi) is 6.67. The van der Waals surface area contributed by atoms with E-state index in [1.165, 1.54) is 0 Å². The van der Waals surface area contributed by atoms with Crippen LogP contribution in [0.15, 0.2) is 48.5 Å². The maximum atomic E-state index is 13.5. The average Bonchev–Trinajstić information content (AvgIpc) is 3.58. The standard InChI is InChI=1S/C26H31N3O4/c1-4-18(5-2)27-25(31)23-15-29(21-11-6-7-12-22(21)33-23)26(32)17-9-8-10-19(14-17)28-24(30)20-13-16(20)3/h6-12,14,16,18,20,23H,4-5,13,15H2,1-3H3,(H,27,31)(H,28,30). The van der Waals surface area contributed by atoms with Gasteiger partial charge in [0.25, 0.3) is 11.8 Å². The van der Waals surface area contributed by atoms with Crippen LogP contribution in [0.4, 0.5) is 11.4 Å². The van der Waals surface area contributed by atoms with E-state index >= 15 is 0 Å². The van der Waals surface area contributed by atoms with Crippen molar-refractivity contribution in [3.8, 4) is 5.75 Å². The molecule has 1 fully saturated rings. The van der Waals surface area contributed by atoms with Gasteiger partial charge in [0.05, 0.1) is 12.2 Å². The second kappa shape index (κ2) is 9.65. The summed E-state index contributed by atoms with van der Waals surface area (Å²) in [6.45, 7) is 6.21. The number of nitrogens with zero attached hydrogens (tertiary/aromatic N) is 1. The zero-order valence-electron chi connectivity index (χ0n) is 19.3. The molecule has 1 aliphatic heterocycles. The number of nitrogens with one attached hydrogen (secondary N) is 2. The van der Waals surface area contributed by atoms with E-state index < -0.39 is 6.10 Å². The number of anilines is 2. The first-order valence-corrected chi connectivity index (χ1v) is 11.7. The Hall–Kier alpha value is -3.35. The van der Waals surface area contributed by atoms with E-state index in [-0.39, 0.29) is 36.2 Å². The molecule has 2 aromatic rings. The fourth-order valence-corrected chi connectivity index (χ4v) is 4.16. The van der Waals surface area contributed by atoms with Gasteiger partial charge in [-0.15, -0.1) is 0 Å². The normalized spacial score (nSPS) is 21.1. The highest BCUT2D eigenvalue weighted by molar-refractivity contribution is 6.08. The topological polar surface area (TPSA) is 87.7 Å². The molecule has 0 aromatic heterocycles. The SMILES string of the molecule is CCC(CC)NC(=O)C1CN(C(=O)c2cccc(NC(=O)C3CC3C)c2)c2ccccc2O1. The molecule has 0 spiro atoms. The summed E-state index contributed by atoms with van der Waals surface area (Å²) < 4.78 is 5.96. The lowest BCUT2D eigenvalue weighted by Crippen LogP contribution is -2.52. The molecule has 4 rings (SSSR count). The summed E-state index contributed by atoms with van der Waals surface area (Å²) in [5.41, 5.74) is 1.65. The monoisotopic (exact) mass is 449 g/mol. The lowest BCUT2D eigenvalue weighted by molar-refractivity contribution is -0.128. The van der Waals surface area contributed by atoms with E-state index in [1.807, 2.05) is 32.0 Å². The molecule has 1 saturated carbocycles. The molecule has 3 amide bonds. The van der Waals surface area contributed by atoms with Gasteiger partial charge in [0, 0.05) is 23.2 Å². The zero-order valence-corrected chi connectivity index (χ0v) is 19.3. The highest BCUT2D eigenvalue weighted by Crippen LogP contribution is 2.38. The summed E-state index contributed by atoms with van der Waals surface area (Å²) in [5, 5.41) is 5.93. The van der Waals surface area contributed by atoms with Crippen molar-refractivity contribution in [1.29, 1.82) is 0 Å². The third-order valence-electron chi connectivity index (χ3n) is 6.47. The maximum Gasteiger partial charge on any atom is 0.263 e. The Bertz CT molecular complexity index is 1050. The maximum absolute atomic E-state index is 13.5. The Morgan fingerprint density at radius 2 is 1.79 bits per heavy atom. The molecule has 0 radical (unpaired) electrons. The minimum Gasteiger partial charge on any atom is -0.477 e. The van der Waals surface area contributed by atoms with E-state index in [1.54, 1.807) is 35.2 Å². The molecule has 174 valence electrons. The van der Waals surface area contributed by atoms with E-state index in [2.05, 4.69) is 17.6 Å². The van der Waals surface area contributed by atoms with E-state index in [0.717, 1.165) is 19.3 Å². The number of carbonyl (C=O) groups is 3. The Morgan fingerprint density at radius 1 is 1.06 bits per heavy atom. The van der Waals surface area contributed by atoms with Crippen LogP contribution >= 0.6 is 0 Å². The van der Waals surface area contributed by atoms with Crippen LogP contribution in [0, 0.1) is 11.8 Å². The summed E-state index contributed by atoms with van der Waals surface area (Å²) in [4.78, 5) is 40.3. The van der Waals surface area contributed by atoms with Crippen molar-refractivity contribution in [1.82, 2.24) is 5.32 Å². The molecule has 7 nitrogen and oxygen atoms in total. The average molecular weight is 450 g/mol. The minimum absolute atomic E-state index is 0.0121. The number of para-hydroxylation sites is 2. The summed E-state index contributed by atoms with van der Waals surface area (Å²) in [5.74, 6) is 0.459. The third-order valence-corrected chi connectivity index (χ3v) is 6.47. The Labute approximate surface area is 194 Å². The third kappa shape index (κ3) is 5.02. The molecule has 3 unspecified atom stereocenters. The quantitative estimate of drug-likeness (QED) is 0.669. The number of amides is 3. The van der Waals surface area contributed by atoms with Gasteiger partial charge < -0.3 is 20.3 Å². The fraction of sp³-hybridized carbons (Fsp3) is 0.423. The summed E-state index contributed by atoms with van der Waals surface area (Å²) in [7, 11) is 0. The van der Waals surface area contributed by atoms with E-state index in [0.29, 0.717) is 28.6 Å². The minimum atomic E-state index is -0.802. The number of fused-ring (bicyclic) bond motifs is 1. The van der Waals surface area contributed by atoms with Gasteiger partial charge in [0.2, 0.25) is 5.91 Å². The van der Waals surface area contributed by atoms with Gasteiger partial charge in [0.1, 0.15) is 5.75 Å². The molecule has 2 aromatic carbocycles. The highest BCUT2D eigenvalue weighted by atomic mass is 16.5. The fourth-order valence-electron chi connectivity index (χ4n) is 4.16. The lowest BCUT2D eigenvalue weighted by atomic mass is 10.1. The van der Waals surface area contributed by atoms with Crippen LogP contribution in [0.1, 0.15) is 50.4 Å². The van der Waals surface area contributed by atoms with Crippen LogP contribution in [0.25, 0.3) is 0 Å². The number of carbonyl (C=O) groups excluding carboxylic acids is 3. The first-order chi connectivity index (χ1) is 15.9. The van der Waals surface area contributed by atoms with Gasteiger partial charge in [-0.2, -0.15) is 0 Å². The van der Waals surface area contributed by atoms with E-state index in [9.17, 15) is 14.4 Å². The van der Waals surface area contributed by atoms with Crippen molar-refractivity contribution < 1.29 is 19.1 Å². The van der Waals surface area contributed by atoms with Crippen LogP contribution in [0.5, 0.6) is 5.75 Å². The molecule has 33 heavy (non-hydrogen) atoms. The van der Waals surface area contributed by atoms with Gasteiger partial charge in [0.15, 0.2) is 6.10 Å². The van der Waals surface area contributed by atoms with Gasteiger partial charge in [-0.1, -0.05) is 39.0 Å². The summed E-state index contributed by atoms with van der Waals surface area (Å²) in [6.07, 6.45) is 1.75. The van der Waals surface area contributed by atoms with Crippen molar-refractivity contribution >= 4 is 29.1 Å². The molecular weight excluding hydrogens is 418 g/mol. The Balaban J connectivity index is 1.55. The largest absolute Gasteiger partial charge is 0.477 e. The zero-order chi connectivity index (χ0) is 23.5.